The van der Waals surface area contributed by atoms with Crippen molar-refractivity contribution in [2.75, 3.05) is 6.61 Å². The first-order valence-electron chi connectivity index (χ1n) is 5.71. The standard InChI is InChI=1S/C12H26O2Si/c1-10(8-13)11(2)9-14-15(6,7)12(3,4)5/h8,10-11H,9H2,1-7H3. The third-order valence-corrected chi connectivity index (χ3v) is 8.13. The average Bonchev–Trinajstić information content (AvgIpc) is 2.11. The highest BCUT2D eigenvalue weighted by molar-refractivity contribution is 6.74. The summed E-state index contributed by atoms with van der Waals surface area (Å²) in [6.07, 6.45) is 1.01. The molecule has 0 saturated heterocycles. The Morgan fingerprint density at radius 2 is 1.73 bits per heavy atom. The third kappa shape index (κ3) is 4.47. The largest absolute Gasteiger partial charge is 0.417 e. The van der Waals surface area contributed by atoms with Gasteiger partial charge in [-0.1, -0.05) is 34.6 Å². The van der Waals surface area contributed by atoms with Crippen molar-refractivity contribution in [3.8, 4) is 0 Å². The van der Waals surface area contributed by atoms with Gasteiger partial charge < -0.3 is 9.22 Å². The summed E-state index contributed by atoms with van der Waals surface area (Å²) in [6, 6.07) is 0. The predicted molar refractivity (Wildman–Crippen MR) is 67.5 cm³/mol. The van der Waals surface area contributed by atoms with E-state index in [-0.39, 0.29) is 11.0 Å². The molecule has 15 heavy (non-hydrogen) atoms. The zero-order chi connectivity index (χ0) is 12.3. The lowest BCUT2D eigenvalue weighted by atomic mass is 9.99. The Labute approximate surface area is 95.5 Å². The fourth-order valence-electron chi connectivity index (χ4n) is 0.842. The van der Waals surface area contributed by atoms with E-state index in [9.17, 15) is 4.79 Å². The zero-order valence-electron chi connectivity index (χ0n) is 11.3. The van der Waals surface area contributed by atoms with E-state index in [1.165, 1.54) is 0 Å². The fourth-order valence-corrected chi connectivity index (χ4v) is 1.95. The molecule has 0 aliphatic heterocycles. The van der Waals surface area contributed by atoms with E-state index in [2.05, 4.69) is 40.8 Å². The first-order valence-corrected chi connectivity index (χ1v) is 8.62. The van der Waals surface area contributed by atoms with Crippen LogP contribution < -0.4 is 0 Å². The lowest BCUT2D eigenvalue weighted by Gasteiger charge is -2.37. The molecule has 0 aliphatic rings. The maximum absolute atomic E-state index is 10.6. The van der Waals surface area contributed by atoms with Crippen LogP contribution in [0.1, 0.15) is 34.6 Å². The van der Waals surface area contributed by atoms with Crippen molar-refractivity contribution < 1.29 is 9.22 Å². The lowest BCUT2D eigenvalue weighted by Crippen LogP contribution is -2.42. The highest BCUT2D eigenvalue weighted by Gasteiger charge is 2.37. The van der Waals surface area contributed by atoms with Crippen molar-refractivity contribution in [3.63, 3.8) is 0 Å². The Morgan fingerprint density at radius 1 is 1.27 bits per heavy atom. The zero-order valence-corrected chi connectivity index (χ0v) is 12.3. The molecule has 2 unspecified atom stereocenters. The van der Waals surface area contributed by atoms with Gasteiger partial charge in [-0.25, -0.2) is 0 Å². The number of aldehydes is 1. The van der Waals surface area contributed by atoms with E-state index in [0.29, 0.717) is 12.5 Å². The van der Waals surface area contributed by atoms with Crippen molar-refractivity contribution in [2.24, 2.45) is 11.8 Å². The monoisotopic (exact) mass is 230 g/mol. The molecule has 0 rings (SSSR count). The molecule has 0 aromatic rings. The van der Waals surface area contributed by atoms with Gasteiger partial charge in [0, 0.05) is 12.5 Å². The second-order valence-corrected chi connectivity index (χ2v) is 10.9. The van der Waals surface area contributed by atoms with Crippen LogP contribution >= 0.6 is 0 Å². The van der Waals surface area contributed by atoms with Crippen molar-refractivity contribution in [1.29, 1.82) is 0 Å². The van der Waals surface area contributed by atoms with Crippen LogP contribution in [0.25, 0.3) is 0 Å². The first kappa shape index (κ1) is 14.8. The number of carbonyl (C=O) groups excluding carboxylic acids is 1. The lowest BCUT2D eigenvalue weighted by molar-refractivity contribution is -0.112. The molecule has 0 fully saturated rings. The topological polar surface area (TPSA) is 26.3 Å². The summed E-state index contributed by atoms with van der Waals surface area (Å²) in [7, 11) is -1.64. The van der Waals surface area contributed by atoms with Crippen LogP contribution in [0.2, 0.25) is 18.1 Å². The van der Waals surface area contributed by atoms with Crippen molar-refractivity contribution in [3.05, 3.63) is 0 Å². The molecule has 0 aromatic carbocycles. The van der Waals surface area contributed by atoms with E-state index in [0.717, 1.165) is 6.29 Å². The van der Waals surface area contributed by atoms with E-state index >= 15 is 0 Å². The van der Waals surface area contributed by atoms with Crippen LogP contribution in [-0.4, -0.2) is 21.2 Å². The van der Waals surface area contributed by atoms with Crippen LogP contribution in [0.5, 0.6) is 0 Å². The molecule has 2 nitrogen and oxygen atoms in total. The van der Waals surface area contributed by atoms with Crippen LogP contribution in [-0.2, 0) is 9.22 Å². The minimum Gasteiger partial charge on any atom is -0.417 e. The predicted octanol–water partition coefficient (Wildman–Crippen LogP) is 3.48. The quantitative estimate of drug-likeness (QED) is 0.534. The summed E-state index contributed by atoms with van der Waals surface area (Å²) in [5.41, 5.74) is 0. The SMILES string of the molecule is CC(C=O)C(C)CO[Si](C)(C)C(C)(C)C. The average molecular weight is 230 g/mol. The Kier molecular flexibility index (Phi) is 5.20. The van der Waals surface area contributed by atoms with Crippen LogP contribution in [0.3, 0.4) is 0 Å². The van der Waals surface area contributed by atoms with Crippen LogP contribution in [0, 0.1) is 11.8 Å². The second-order valence-electron chi connectivity index (χ2n) is 6.04. The number of hydrogen-bond acceptors (Lipinski definition) is 2. The first-order chi connectivity index (χ1) is 6.62. The summed E-state index contributed by atoms with van der Waals surface area (Å²) in [5, 5.41) is 0.247. The normalized spacial score (nSPS) is 17.3. The van der Waals surface area contributed by atoms with Crippen LogP contribution in [0.15, 0.2) is 0 Å². The van der Waals surface area contributed by atoms with E-state index in [1.54, 1.807) is 0 Å². The van der Waals surface area contributed by atoms with E-state index in [4.69, 9.17) is 4.43 Å². The molecule has 0 radical (unpaired) electrons. The summed E-state index contributed by atoms with van der Waals surface area (Å²) >= 11 is 0. The van der Waals surface area contributed by atoms with Gasteiger partial charge in [0.1, 0.15) is 6.29 Å². The van der Waals surface area contributed by atoms with Gasteiger partial charge in [-0.15, -0.1) is 0 Å². The maximum atomic E-state index is 10.6. The maximum Gasteiger partial charge on any atom is 0.191 e. The van der Waals surface area contributed by atoms with Gasteiger partial charge >= 0.3 is 0 Å². The molecule has 0 aliphatic carbocycles. The summed E-state index contributed by atoms with van der Waals surface area (Å²) in [5.74, 6) is 0.409. The molecular weight excluding hydrogens is 204 g/mol. The highest BCUT2D eigenvalue weighted by atomic mass is 28.4. The number of carbonyl (C=O) groups is 1. The molecule has 90 valence electrons. The molecule has 0 N–H and O–H groups in total. The molecule has 0 amide bonds. The minimum atomic E-state index is -1.64. The van der Waals surface area contributed by atoms with Crippen molar-refractivity contribution >= 4 is 14.6 Å². The molecule has 2 atom stereocenters. The van der Waals surface area contributed by atoms with Gasteiger partial charge in [-0.3, -0.25) is 0 Å². The third-order valence-electron chi connectivity index (χ3n) is 3.63. The number of hydrogen-bond donors (Lipinski definition) is 0. The summed E-state index contributed by atoms with van der Waals surface area (Å²) < 4.78 is 6.06. The molecule has 3 heteroatoms. The van der Waals surface area contributed by atoms with Gasteiger partial charge in [0.05, 0.1) is 0 Å². The van der Waals surface area contributed by atoms with Crippen molar-refractivity contribution in [1.82, 2.24) is 0 Å². The Balaban J connectivity index is 4.21. The fraction of sp³-hybridized carbons (Fsp3) is 0.917. The smallest absolute Gasteiger partial charge is 0.191 e. The second kappa shape index (κ2) is 5.26. The highest BCUT2D eigenvalue weighted by Crippen LogP contribution is 2.36. The minimum absolute atomic E-state index is 0.0924. The van der Waals surface area contributed by atoms with Gasteiger partial charge in [0.25, 0.3) is 0 Å². The van der Waals surface area contributed by atoms with Crippen molar-refractivity contribution in [2.45, 2.75) is 52.8 Å². The van der Waals surface area contributed by atoms with Gasteiger partial charge in [-0.2, -0.15) is 0 Å². The summed E-state index contributed by atoms with van der Waals surface area (Å²) in [6.45, 7) is 15.9. The molecule has 0 saturated carbocycles. The molecule has 0 aromatic heterocycles. The number of rotatable bonds is 5. The Morgan fingerprint density at radius 3 is 2.07 bits per heavy atom. The van der Waals surface area contributed by atoms with Gasteiger partial charge in [0.2, 0.25) is 0 Å². The molecule has 0 heterocycles. The Hall–Kier alpha value is -0.153. The van der Waals surface area contributed by atoms with E-state index < -0.39 is 8.32 Å². The van der Waals surface area contributed by atoms with Gasteiger partial charge in [-0.05, 0) is 24.1 Å². The van der Waals surface area contributed by atoms with E-state index in [1.807, 2.05) is 6.92 Å². The Bertz CT molecular complexity index is 206. The van der Waals surface area contributed by atoms with Crippen LogP contribution in [0.4, 0.5) is 0 Å². The summed E-state index contributed by atoms with van der Waals surface area (Å²) in [4.78, 5) is 10.6. The molecular formula is C12H26O2Si. The molecule has 0 bridgehead atoms. The molecule has 0 spiro atoms. The van der Waals surface area contributed by atoms with Gasteiger partial charge in [0.15, 0.2) is 8.32 Å².